The fraction of sp³-hybridized carbons (Fsp3) is 0.471. The predicted molar refractivity (Wildman–Crippen MR) is 85.9 cm³/mol. The molecule has 1 atom stereocenters. The summed E-state index contributed by atoms with van der Waals surface area (Å²) < 4.78 is 39.1. The Balaban J connectivity index is 1.66. The Hall–Kier alpha value is -1.86. The number of piperidine rings is 1. The molecule has 1 aliphatic heterocycles. The summed E-state index contributed by atoms with van der Waals surface area (Å²) in [5.74, 6) is 0. The zero-order chi connectivity index (χ0) is 17.2. The Kier molecular flexibility index (Phi) is 4.91. The van der Waals surface area contributed by atoms with Crippen molar-refractivity contribution in [2.75, 3.05) is 20.1 Å². The van der Waals surface area contributed by atoms with Crippen LogP contribution in [0.3, 0.4) is 0 Å². The number of nitrogens with zero attached hydrogens (tertiary/aromatic N) is 3. The highest BCUT2D eigenvalue weighted by atomic mass is 19.4. The number of rotatable bonds is 4. The fourth-order valence-corrected chi connectivity index (χ4v) is 3.07. The SMILES string of the molecule is CNC1CCCN(Cc2ccc(-n3ccc(C(F)(F)F)n3)cc2)C1. The number of likely N-dealkylation sites (N-methyl/N-ethyl adjacent to an activating group) is 1. The molecular formula is C17H21F3N4. The normalized spacial score (nSPS) is 19.6. The van der Waals surface area contributed by atoms with Crippen molar-refractivity contribution in [3.63, 3.8) is 0 Å². The number of hydrogen-bond acceptors (Lipinski definition) is 3. The highest BCUT2D eigenvalue weighted by Gasteiger charge is 2.33. The first kappa shape index (κ1) is 17.0. The third-order valence-corrected chi connectivity index (χ3v) is 4.40. The van der Waals surface area contributed by atoms with Gasteiger partial charge in [-0.05, 0) is 50.2 Å². The third-order valence-electron chi connectivity index (χ3n) is 4.40. The first-order valence-corrected chi connectivity index (χ1v) is 8.07. The Bertz CT molecular complexity index is 663. The molecule has 0 bridgehead atoms. The van der Waals surface area contributed by atoms with Gasteiger partial charge < -0.3 is 5.32 Å². The van der Waals surface area contributed by atoms with E-state index in [9.17, 15) is 13.2 Å². The second-order valence-corrected chi connectivity index (χ2v) is 6.17. The van der Waals surface area contributed by atoms with E-state index in [4.69, 9.17) is 0 Å². The van der Waals surface area contributed by atoms with Crippen LogP contribution >= 0.6 is 0 Å². The molecule has 0 aliphatic carbocycles. The van der Waals surface area contributed by atoms with Crippen LogP contribution in [-0.4, -0.2) is 40.9 Å². The topological polar surface area (TPSA) is 33.1 Å². The van der Waals surface area contributed by atoms with Crippen molar-refractivity contribution in [3.05, 3.63) is 47.8 Å². The maximum Gasteiger partial charge on any atom is 0.435 e. The largest absolute Gasteiger partial charge is 0.435 e. The minimum absolute atomic E-state index is 0.530. The van der Waals surface area contributed by atoms with Crippen LogP contribution in [0.5, 0.6) is 0 Å². The van der Waals surface area contributed by atoms with Crippen molar-refractivity contribution >= 4 is 0 Å². The summed E-state index contributed by atoms with van der Waals surface area (Å²) >= 11 is 0. The maximum atomic E-state index is 12.6. The van der Waals surface area contributed by atoms with E-state index in [-0.39, 0.29) is 0 Å². The summed E-state index contributed by atoms with van der Waals surface area (Å²) in [6.07, 6.45) is -0.701. The molecule has 3 rings (SSSR count). The quantitative estimate of drug-likeness (QED) is 0.930. The lowest BCUT2D eigenvalue weighted by Gasteiger charge is -2.32. The van der Waals surface area contributed by atoms with Gasteiger partial charge in [-0.2, -0.15) is 18.3 Å². The van der Waals surface area contributed by atoms with Gasteiger partial charge in [0.05, 0.1) is 5.69 Å². The van der Waals surface area contributed by atoms with Gasteiger partial charge in [-0.3, -0.25) is 4.90 Å². The summed E-state index contributed by atoms with van der Waals surface area (Å²) in [4.78, 5) is 2.40. The zero-order valence-electron chi connectivity index (χ0n) is 13.6. The predicted octanol–water partition coefficient (Wildman–Crippen LogP) is 3.07. The van der Waals surface area contributed by atoms with Gasteiger partial charge >= 0.3 is 6.18 Å². The van der Waals surface area contributed by atoms with Crippen LogP contribution in [-0.2, 0) is 12.7 Å². The molecule has 1 saturated heterocycles. The monoisotopic (exact) mass is 338 g/mol. The Morgan fingerprint density at radius 1 is 1.21 bits per heavy atom. The summed E-state index contributed by atoms with van der Waals surface area (Å²) in [7, 11) is 1.99. The molecule has 1 aliphatic rings. The second kappa shape index (κ2) is 6.94. The van der Waals surface area contributed by atoms with Crippen molar-refractivity contribution in [1.29, 1.82) is 0 Å². The number of halogens is 3. The van der Waals surface area contributed by atoms with Crippen LogP contribution in [0.4, 0.5) is 13.2 Å². The lowest BCUT2D eigenvalue weighted by Crippen LogP contribution is -2.43. The van der Waals surface area contributed by atoms with Crippen LogP contribution in [0.1, 0.15) is 24.1 Å². The maximum absolute atomic E-state index is 12.6. The number of nitrogens with one attached hydrogen (secondary N) is 1. The fourth-order valence-electron chi connectivity index (χ4n) is 3.07. The average molecular weight is 338 g/mol. The lowest BCUT2D eigenvalue weighted by atomic mass is 10.0. The van der Waals surface area contributed by atoms with E-state index in [1.807, 2.05) is 31.3 Å². The number of aromatic nitrogens is 2. The minimum Gasteiger partial charge on any atom is -0.316 e. The zero-order valence-corrected chi connectivity index (χ0v) is 13.6. The van der Waals surface area contributed by atoms with E-state index in [0.717, 1.165) is 31.3 Å². The lowest BCUT2D eigenvalue weighted by molar-refractivity contribution is -0.141. The van der Waals surface area contributed by atoms with Crippen molar-refractivity contribution < 1.29 is 13.2 Å². The van der Waals surface area contributed by atoms with Crippen LogP contribution in [0.15, 0.2) is 36.5 Å². The Labute approximate surface area is 139 Å². The molecular weight excluding hydrogens is 317 g/mol. The van der Waals surface area contributed by atoms with Crippen molar-refractivity contribution in [3.8, 4) is 5.69 Å². The number of benzene rings is 1. The molecule has 0 radical (unpaired) electrons. The summed E-state index contributed by atoms with van der Waals surface area (Å²) in [5.41, 5.74) is 0.901. The van der Waals surface area contributed by atoms with Gasteiger partial charge in [0.25, 0.3) is 0 Å². The molecule has 0 saturated carbocycles. The molecule has 7 heteroatoms. The summed E-state index contributed by atoms with van der Waals surface area (Å²) in [6.45, 7) is 2.95. The van der Waals surface area contributed by atoms with Gasteiger partial charge in [-0.15, -0.1) is 0 Å². The van der Waals surface area contributed by atoms with E-state index in [1.54, 1.807) is 0 Å². The standard InChI is InChI=1S/C17H21F3N4/c1-21-14-3-2-9-23(12-14)11-13-4-6-15(7-5-13)24-10-8-16(22-24)17(18,19)20/h4-8,10,14,21H,2-3,9,11-12H2,1H3. The molecule has 0 amide bonds. The van der Waals surface area contributed by atoms with Crippen molar-refractivity contribution in [1.82, 2.24) is 20.0 Å². The van der Waals surface area contributed by atoms with E-state index in [0.29, 0.717) is 11.7 Å². The molecule has 2 heterocycles. The second-order valence-electron chi connectivity index (χ2n) is 6.17. The first-order chi connectivity index (χ1) is 11.5. The molecule has 1 N–H and O–H groups in total. The molecule has 1 fully saturated rings. The van der Waals surface area contributed by atoms with Crippen LogP contribution < -0.4 is 5.32 Å². The van der Waals surface area contributed by atoms with E-state index in [1.165, 1.54) is 23.7 Å². The Morgan fingerprint density at radius 3 is 2.58 bits per heavy atom. The minimum atomic E-state index is -4.41. The molecule has 24 heavy (non-hydrogen) atoms. The molecule has 1 aromatic heterocycles. The van der Waals surface area contributed by atoms with Crippen LogP contribution in [0.2, 0.25) is 0 Å². The number of likely N-dealkylation sites (tertiary alicyclic amines) is 1. The highest BCUT2D eigenvalue weighted by Crippen LogP contribution is 2.28. The van der Waals surface area contributed by atoms with Gasteiger partial charge in [-0.1, -0.05) is 12.1 Å². The molecule has 4 nitrogen and oxygen atoms in total. The van der Waals surface area contributed by atoms with Crippen LogP contribution in [0.25, 0.3) is 5.69 Å². The van der Waals surface area contributed by atoms with Gasteiger partial charge in [0.15, 0.2) is 5.69 Å². The number of alkyl halides is 3. The first-order valence-electron chi connectivity index (χ1n) is 8.07. The molecule has 2 aromatic rings. The highest BCUT2D eigenvalue weighted by molar-refractivity contribution is 5.34. The summed E-state index contributed by atoms with van der Waals surface area (Å²) in [5, 5.41) is 6.91. The van der Waals surface area contributed by atoms with Gasteiger partial charge in [0, 0.05) is 25.3 Å². The summed E-state index contributed by atoms with van der Waals surface area (Å²) in [6, 6.07) is 9.03. The van der Waals surface area contributed by atoms with Gasteiger partial charge in [0.1, 0.15) is 0 Å². The number of hydrogen-bond donors (Lipinski definition) is 1. The van der Waals surface area contributed by atoms with Gasteiger partial charge in [-0.25, -0.2) is 4.68 Å². The van der Waals surface area contributed by atoms with E-state index in [2.05, 4.69) is 15.3 Å². The average Bonchev–Trinajstić information content (AvgIpc) is 3.06. The van der Waals surface area contributed by atoms with E-state index >= 15 is 0 Å². The molecule has 0 spiro atoms. The van der Waals surface area contributed by atoms with Crippen molar-refractivity contribution in [2.24, 2.45) is 0 Å². The molecule has 1 aromatic carbocycles. The van der Waals surface area contributed by atoms with Crippen LogP contribution in [0, 0.1) is 0 Å². The van der Waals surface area contributed by atoms with Gasteiger partial charge in [0.2, 0.25) is 0 Å². The van der Waals surface area contributed by atoms with Crippen molar-refractivity contribution in [2.45, 2.75) is 31.6 Å². The van der Waals surface area contributed by atoms with E-state index < -0.39 is 11.9 Å². The molecule has 130 valence electrons. The molecule has 1 unspecified atom stereocenters. The third kappa shape index (κ3) is 3.96. The smallest absolute Gasteiger partial charge is 0.316 e. The Morgan fingerprint density at radius 2 is 1.96 bits per heavy atom.